The number of nitrogens with one attached hydrogen (secondary N) is 1. The molecule has 0 heterocycles. The van der Waals surface area contributed by atoms with Gasteiger partial charge in [0.2, 0.25) is 0 Å². The lowest BCUT2D eigenvalue weighted by Crippen LogP contribution is -2.27. The van der Waals surface area contributed by atoms with Crippen molar-refractivity contribution in [3.63, 3.8) is 0 Å². The molecule has 0 fully saturated rings. The number of benzene rings is 1. The Morgan fingerprint density at radius 2 is 2.06 bits per heavy atom. The van der Waals surface area contributed by atoms with Gasteiger partial charge in [0.25, 0.3) is 0 Å². The summed E-state index contributed by atoms with van der Waals surface area (Å²) in [5, 5.41) is 7.32. The molecule has 0 aliphatic heterocycles. The molecule has 0 atom stereocenters. The third-order valence-electron chi connectivity index (χ3n) is 2.05. The topological polar surface area (TPSA) is 62.2 Å². The Morgan fingerprint density at radius 3 is 2.56 bits per heavy atom. The van der Waals surface area contributed by atoms with E-state index >= 15 is 0 Å². The van der Waals surface area contributed by atoms with Gasteiger partial charge in [-0.05, 0) is 18.2 Å². The van der Waals surface area contributed by atoms with Crippen LogP contribution in [0.4, 0.5) is 18.9 Å². The zero-order chi connectivity index (χ0) is 13.8. The van der Waals surface area contributed by atoms with Gasteiger partial charge in [0.1, 0.15) is 5.71 Å². The van der Waals surface area contributed by atoms with Crippen LogP contribution in [0.25, 0.3) is 0 Å². The van der Waals surface area contributed by atoms with Crippen LogP contribution < -0.4 is 5.73 Å². The Morgan fingerprint density at radius 1 is 1.39 bits per heavy atom. The van der Waals surface area contributed by atoms with E-state index in [0.29, 0.717) is 10.7 Å². The maximum absolute atomic E-state index is 12.2. The van der Waals surface area contributed by atoms with Crippen LogP contribution in [0.5, 0.6) is 0 Å². The summed E-state index contributed by atoms with van der Waals surface area (Å²) in [5.41, 5.74) is 4.45. The summed E-state index contributed by atoms with van der Waals surface area (Å²) in [6, 6.07) is 6.36. The predicted molar refractivity (Wildman–Crippen MR) is 66.0 cm³/mol. The van der Waals surface area contributed by atoms with E-state index in [4.69, 9.17) is 22.7 Å². The van der Waals surface area contributed by atoms with Crippen molar-refractivity contribution < 1.29 is 13.2 Å². The summed E-state index contributed by atoms with van der Waals surface area (Å²) in [7, 11) is 0. The molecule has 18 heavy (non-hydrogen) atoms. The van der Waals surface area contributed by atoms with E-state index < -0.39 is 18.3 Å². The minimum absolute atomic E-state index is 0.0830. The van der Waals surface area contributed by atoms with E-state index in [9.17, 15) is 13.2 Å². The van der Waals surface area contributed by atoms with E-state index in [2.05, 4.69) is 4.99 Å². The number of nitrogens with two attached hydrogens (primary N) is 1. The highest BCUT2D eigenvalue weighted by Crippen LogP contribution is 2.21. The number of hydrogen-bond donors (Lipinski definition) is 2. The van der Waals surface area contributed by atoms with Crippen LogP contribution in [0, 0.1) is 5.41 Å². The number of rotatable bonds is 4. The lowest BCUT2D eigenvalue weighted by molar-refractivity contribution is -0.0605. The molecule has 0 aromatic heterocycles. The summed E-state index contributed by atoms with van der Waals surface area (Å²) in [4.78, 5) is 3.96. The fourth-order valence-electron chi connectivity index (χ4n) is 1.19. The second kappa shape index (κ2) is 5.97. The van der Waals surface area contributed by atoms with Gasteiger partial charge in [-0.25, -0.2) is 0 Å². The lowest BCUT2D eigenvalue weighted by atomic mass is 10.1. The molecule has 1 rings (SSSR count). The molecule has 0 bridgehead atoms. The van der Waals surface area contributed by atoms with Gasteiger partial charge in [0.15, 0.2) is 0 Å². The Labute approximate surface area is 107 Å². The molecule has 1 aromatic carbocycles. The third kappa shape index (κ3) is 4.46. The maximum Gasteiger partial charge on any atom is 0.429 e. The molecule has 0 spiro atoms. The van der Waals surface area contributed by atoms with E-state index in [1.165, 1.54) is 6.07 Å². The van der Waals surface area contributed by atoms with E-state index in [1.807, 2.05) is 0 Å². The van der Waals surface area contributed by atoms with Crippen LogP contribution in [0.2, 0.25) is 5.02 Å². The van der Waals surface area contributed by atoms with Crippen molar-refractivity contribution in [2.45, 2.75) is 12.6 Å². The second-order valence-electron chi connectivity index (χ2n) is 3.52. The Bertz CT molecular complexity index is 469. The third-order valence-corrected chi connectivity index (χ3v) is 2.29. The van der Waals surface area contributed by atoms with Gasteiger partial charge in [0.05, 0.1) is 5.69 Å². The smallest absolute Gasteiger partial charge is 0.325 e. The minimum atomic E-state index is -4.65. The van der Waals surface area contributed by atoms with Crippen molar-refractivity contribution in [2.75, 3.05) is 6.54 Å². The highest BCUT2D eigenvalue weighted by molar-refractivity contribution is 6.30. The van der Waals surface area contributed by atoms with Crippen molar-refractivity contribution >= 4 is 28.7 Å². The quantitative estimate of drug-likeness (QED) is 0.815. The summed E-state index contributed by atoms with van der Waals surface area (Å²) in [5.74, 6) is 0. The molecule has 0 saturated heterocycles. The van der Waals surface area contributed by atoms with Crippen LogP contribution in [-0.4, -0.2) is 24.1 Å². The SMILES string of the molecule is N=C(CC(CN)=Nc1cccc(Cl)c1)C(F)(F)F. The van der Waals surface area contributed by atoms with Gasteiger partial charge < -0.3 is 11.1 Å². The first-order valence-corrected chi connectivity index (χ1v) is 5.37. The van der Waals surface area contributed by atoms with Gasteiger partial charge in [-0.15, -0.1) is 0 Å². The molecule has 3 nitrogen and oxygen atoms in total. The highest BCUT2D eigenvalue weighted by Gasteiger charge is 2.34. The summed E-state index contributed by atoms with van der Waals surface area (Å²) >= 11 is 5.73. The summed E-state index contributed by atoms with van der Waals surface area (Å²) in [6.45, 7) is -0.148. The largest absolute Gasteiger partial charge is 0.429 e. The van der Waals surface area contributed by atoms with Gasteiger partial charge in [-0.2, -0.15) is 13.2 Å². The number of halogens is 4. The number of alkyl halides is 3. The maximum atomic E-state index is 12.2. The Kier molecular flexibility index (Phi) is 4.86. The minimum Gasteiger partial charge on any atom is -0.325 e. The average Bonchev–Trinajstić information content (AvgIpc) is 2.26. The first kappa shape index (κ1) is 14.7. The molecule has 3 N–H and O–H groups in total. The van der Waals surface area contributed by atoms with E-state index in [0.717, 1.165) is 0 Å². The van der Waals surface area contributed by atoms with Crippen LogP contribution >= 0.6 is 11.6 Å². The van der Waals surface area contributed by atoms with Crippen molar-refractivity contribution in [3.8, 4) is 0 Å². The molecular formula is C11H11ClF3N3. The van der Waals surface area contributed by atoms with Crippen LogP contribution in [-0.2, 0) is 0 Å². The van der Waals surface area contributed by atoms with E-state index in [1.54, 1.807) is 18.2 Å². The zero-order valence-corrected chi connectivity index (χ0v) is 10.0. The van der Waals surface area contributed by atoms with Gasteiger partial charge in [0, 0.05) is 23.7 Å². The first-order valence-electron chi connectivity index (χ1n) is 4.99. The molecule has 7 heteroatoms. The number of hydrogen-bond acceptors (Lipinski definition) is 3. The lowest BCUT2D eigenvalue weighted by Gasteiger charge is -2.09. The summed E-state index contributed by atoms with van der Waals surface area (Å²) < 4.78 is 36.6. The average molecular weight is 278 g/mol. The van der Waals surface area contributed by atoms with Crippen LogP contribution in [0.15, 0.2) is 29.3 Å². The molecule has 0 aliphatic rings. The highest BCUT2D eigenvalue weighted by atomic mass is 35.5. The standard InChI is InChI=1S/C11H11ClF3N3/c12-7-2-1-3-8(4-7)18-9(6-16)5-10(17)11(13,14)15/h1-4,17H,5-6,16H2. The normalized spacial score (nSPS) is 12.6. The van der Waals surface area contributed by atoms with Gasteiger partial charge in [-0.3, -0.25) is 4.99 Å². The monoisotopic (exact) mass is 277 g/mol. The molecule has 0 aliphatic carbocycles. The molecular weight excluding hydrogens is 267 g/mol. The zero-order valence-electron chi connectivity index (χ0n) is 9.26. The van der Waals surface area contributed by atoms with Gasteiger partial charge >= 0.3 is 6.18 Å². The fraction of sp³-hybridized carbons (Fsp3) is 0.273. The Hall–Kier alpha value is -1.40. The Balaban J connectivity index is 2.87. The van der Waals surface area contributed by atoms with E-state index in [-0.39, 0.29) is 12.3 Å². The molecule has 0 unspecified atom stereocenters. The van der Waals surface area contributed by atoms with Crippen molar-refractivity contribution in [2.24, 2.45) is 10.7 Å². The fourth-order valence-corrected chi connectivity index (χ4v) is 1.37. The van der Waals surface area contributed by atoms with Gasteiger partial charge in [-0.1, -0.05) is 17.7 Å². The molecule has 98 valence electrons. The van der Waals surface area contributed by atoms with Crippen LogP contribution in [0.1, 0.15) is 6.42 Å². The predicted octanol–water partition coefficient (Wildman–Crippen LogP) is 3.34. The second-order valence-corrected chi connectivity index (χ2v) is 3.95. The van der Waals surface area contributed by atoms with Crippen molar-refractivity contribution in [3.05, 3.63) is 29.3 Å². The molecule has 0 saturated carbocycles. The molecule has 0 amide bonds. The summed E-state index contributed by atoms with van der Waals surface area (Å²) in [6.07, 6.45) is -5.27. The molecule has 1 aromatic rings. The van der Waals surface area contributed by atoms with Crippen molar-refractivity contribution in [1.82, 2.24) is 0 Å². The number of nitrogens with zero attached hydrogens (tertiary/aromatic N) is 1. The van der Waals surface area contributed by atoms with Crippen LogP contribution in [0.3, 0.4) is 0 Å². The molecule has 0 radical (unpaired) electrons. The first-order chi connectivity index (χ1) is 8.32. The van der Waals surface area contributed by atoms with Crippen molar-refractivity contribution in [1.29, 1.82) is 5.41 Å². The number of aliphatic imine (C=N–C) groups is 1.